The molecule has 4 N–H and O–H groups in total. The van der Waals surface area contributed by atoms with Gasteiger partial charge >= 0.3 is 5.97 Å². The Labute approximate surface area is 113 Å². The van der Waals surface area contributed by atoms with Crippen LogP contribution in [-0.4, -0.2) is 35.2 Å². The van der Waals surface area contributed by atoms with Crippen LogP contribution in [0, 0.1) is 6.92 Å². The predicted octanol–water partition coefficient (Wildman–Crippen LogP) is 1.63. The molecule has 0 aromatic heterocycles. The lowest BCUT2D eigenvalue weighted by molar-refractivity contribution is -0.137. The second kappa shape index (κ2) is 6.54. The van der Waals surface area contributed by atoms with E-state index >= 15 is 0 Å². The lowest BCUT2D eigenvalue weighted by Crippen LogP contribution is -2.15. The molecule has 0 heterocycles. The van der Waals surface area contributed by atoms with Gasteiger partial charge in [0.15, 0.2) is 0 Å². The molecule has 0 saturated heterocycles. The number of carboxylic acids is 1. The maximum Gasteiger partial charge on any atom is 0.303 e. The first-order valence-electron chi connectivity index (χ1n) is 6.25. The summed E-state index contributed by atoms with van der Waals surface area (Å²) in [7, 11) is 3.84. The average Bonchev–Trinajstić information content (AvgIpc) is 2.31. The van der Waals surface area contributed by atoms with Crippen molar-refractivity contribution in [1.82, 2.24) is 4.90 Å². The number of rotatable bonds is 6. The summed E-state index contributed by atoms with van der Waals surface area (Å²) in [5.74, 6) is -0.567. The molecule has 1 rings (SSSR count). The molecule has 0 amide bonds. The standard InChI is InChI=1S/C14H22N2O3/c1-9-6-10(12(15)4-5-13(17)18)7-11(14(9)19)8-16(2)3/h6-7,12,19H,4-5,8,15H2,1-3H3,(H,17,18). The monoisotopic (exact) mass is 266 g/mol. The Morgan fingerprint density at radius 3 is 2.58 bits per heavy atom. The number of hydrogen-bond acceptors (Lipinski definition) is 4. The van der Waals surface area contributed by atoms with E-state index in [1.807, 2.05) is 38.1 Å². The van der Waals surface area contributed by atoms with E-state index in [4.69, 9.17) is 10.8 Å². The minimum absolute atomic E-state index is 0.0457. The van der Waals surface area contributed by atoms with Gasteiger partial charge in [0, 0.05) is 24.6 Å². The highest BCUT2D eigenvalue weighted by Crippen LogP contribution is 2.28. The first-order chi connectivity index (χ1) is 8.81. The highest BCUT2D eigenvalue weighted by Gasteiger charge is 2.13. The molecule has 0 bridgehead atoms. The molecule has 0 radical (unpaired) electrons. The molecule has 5 heteroatoms. The van der Waals surface area contributed by atoms with Crippen LogP contribution in [0.1, 0.15) is 35.6 Å². The van der Waals surface area contributed by atoms with E-state index < -0.39 is 5.97 Å². The summed E-state index contributed by atoms with van der Waals surface area (Å²) < 4.78 is 0. The Kier molecular flexibility index (Phi) is 5.32. The molecule has 19 heavy (non-hydrogen) atoms. The van der Waals surface area contributed by atoms with Crippen LogP contribution in [0.2, 0.25) is 0 Å². The number of nitrogens with two attached hydrogens (primary N) is 1. The SMILES string of the molecule is Cc1cc(C(N)CCC(=O)O)cc(CN(C)C)c1O. The van der Waals surface area contributed by atoms with Gasteiger partial charge in [0.1, 0.15) is 5.75 Å². The zero-order valence-corrected chi connectivity index (χ0v) is 11.7. The number of phenolic OH excluding ortho intramolecular Hbond substituents is 1. The number of aliphatic carboxylic acids is 1. The highest BCUT2D eigenvalue weighted by molar-refractivity contribution is 5.66. The van der Waals surface area contributed by atoms with Crippen molar-refractivity contribution in [2.75, 3.05) is 14.1 Å². The number of benzene rings is 1. The average molecular weight is 266 g/mol. The second-order valence-corrected chi connectivity index (χ2v) is 5.12. The summed E-state index contributed by atoms with van der Waals surface area (Å²) in [6.45, 7) is 2.44. The number of hydrogen-bond donors (Lipinski definition) is 3. The van der Waals surface area contributed by atoms with Gasteiger partial charge in [0.05, 0.1) is 0 Å². The molecule has 1 aromatic carbocycles. The number of aryl methyl sites for hydroxylation is 1. The van der Waals surface area contributed by atoms with E-state index in [9.17, 15) is 9.90 Å². The Morgan fingerprint density at radius 2 is 2.05 bits per heavy atom. The van der Waals surface area contributed by atoms with Crippen LogP contribution < -0.4 is 5.73 Å². The van der Waals surface area contributed by atoms with Crippen molar-refractivity contribution < 1.29 is 15.0 Å². The highest BCUT2D eigenvalue weighted by atomic mass is 16.4. The molecule has 0 spiro atoms. The van der Waals surface area contributed by atoms with Gasteiger partial charge in [-0.1, -0.05) is 6.07 Å². The first-order valence-corrected chi connectivity index (χ1v) is 6.25. The molecular weight excluding hydrogens is 244 g/mol. The minimum atomic E-state index is -0.848. The topological polar surface area (TPSA) is 86.8 Å². The number of carbonyl (C=O) groups is 1. The van der Waals surface area contributed by atoms with Crippen LogP contribution in [0.3, 0.4) is 0 Å². The molecule has 1 atom stereocenters. The molecule has 0 saturated carbocycles. The number of carboxylic acid groups (broad SMARTS) is 1. The van der Waals surface area contributed by atoms with E-state index in [0.717, 1.165) is 16.7 Å². The number of phenols is 1. The summed E-state index contributed by atoms with van der Waals surface area (Å²) in [4.78, 5) is 12.5. The van der Waals surface area contributed by atoms with Crippen LogP contribution in [0.4, 0.5) is 0 Å². The van der Waals surface area contributed by atoms with Gasteiger partial charge in [0.2, 0.25) is 0 Å². The van der Waals surface area contributed by atoms with Gasteiger partial charge in [-0.25, -0.2) is 0 Å². The van der Waals surface area contributed by atoms with Crippen molar-refractivity contribution in [2.24, 2.45) is 5.73 Å². The fourth-order valence-corrected chi connectivity index (χ4v) is 2.00. The first kappa shape index (κ1) is 15.5. The molecular formula is C14H22N2O3. The Hall–Kier alpha value is -1.59. The van der Waals surface area contributed by atoms with Crippen molar-refractivity contribution in [3.05, 3.63) is 28.8 Å². The quantitative estimate of drug-likeness (QED) is 0.728. The normalized spacial score (nSPS) is 12.7. The smallest absolute Gasteiger partial charge is 0.303 e. The zero-order chi connectivity index (χ0) is 14.6. The van der Waals surface area contributed by atoms with Gasteiger partial charge in [-0.3, -0.25) is 4.79 Å². The fourth-order valence-electron chi connectivity index (χ4n) is 2.00. The van der Waals surface area contributed by atoms with Crippen molar-refractivity contribution in [3.63, 3.8) is 0 Å². The maximum absolute atomic E-state index is 10.6. The Morgan fingerprint density at radius 1 is 1.42 bits per heavy atom. The lowest BCUT2D eigenvalue weighted by atomic mass is 9.97. The summed E-state index contributed by atoms with van der Waals surface area (Å²) >= 11 is 0. The zero-order valence-electron chi connectivity index (χ0n) is 11.7. The van der Waals surface area contributed by atoms with Crippen LogP contribution in [0.25, 0.3) is 0 Å². The molecule has 0 aliphatic rings. The molecule has 106 valence electrons. The van der Waals surface area contributed by atoms with Crippen molar-refractivity contribution >= 4 is 5.97 Å². The molecule has 1 aromatic rings. The van der Waals surface area contributed by atoms with E-state index in [2.05, 4.69) is 0 Å². The summed E-state index contributed by atoms with van der Waals surface area (Å²) in [5.41, 5.74) is 8.45. The van der Waals surface area contributed by atoms with Gasteiger partial charge in [-0.2, -0.15) is 0 Å². The Bertz CT molecular complexity index is 458. The number of aromatic hydroxyl groups is 1. The van der Waals surface area contributed by atoms with Gasteiger partial charge in [-0.15, -0.1) is 0 Å². The van der Waals surface area contributed by atoms with Crippen molar-refractivity contribution in [1.29, 1.82) is 0 Å². The third-order valence-corrected chi connectivity index (χ3v) is 2.99. The third kappa shape index (κ3) is 4.54. The van der Waals surface area contributed by atoms with Crippen molar-refractivity contribution in [2.45, 2.75) is 32.4 Å². The number of nitrogens with zero attached hydrogens (tertiary/aromatic N) is 1. The second-order valence-electron chi connectivity index (χ2n) is 5.12. The van der Waals surface area contributed by atoms with E-state index in [0.29, 0.717) is 13.0 Å². The predicted molar refractivity (Wildman–Crippen MR) is 74.0 cm³/mol. The third-order valence-electron chi connectivity index (χ3n) is 2.99. The van der Waals surface area contributed by atoms with E-state index in [1.165, 1.54) is 0 Å². The summed E-state index contributed by atoms with van der Waals surface area (Å²) in [5, 5.41) is 18.7. The maximum atomic E-state index is 10.6. The lowest BCUT2D eigenvalue weighted by Gasteiger charge is -2.17. The Balaban J connectivity index is 2.95. The van der Waals surface area contributed by atoms with E-state index in [-0.39, 0.29) is 18.2 Å². The van der Waals surface area contributed by atoms with Crippen LogP contribution >= 0.6 is 0 Å². The molecule has 0 aliphatic heterocycles. The molecule has 0 fully saturated rings. The summed E-state index contributed by atoms with van der Waals surface area (Å²) in [6, 6.07) is 3.35. The van der Waals surface area contributed by atoms with Crippen LogP contribution in [0.15, 0.2) is 12.1 Å². The van der Waals surface area contributed by atoms with Gasteiger partial charge in [-0.05, 0) is 44.6 Å². The van der Waals surface area contributed by atoms with Gasteiger partial charge < -0.3 is 20.8 Å². The molecule has 0 aliphatic carbocycles. The van der Waals surface area contributed by atoms with Crippen molar-refractivity contribution in [3.8, 4) is 5.75 Å². The van der Waals surface area contributed by atoms with Crippen LogP contribution in [-0.2, 0) is 11.3 Å². The fraction of sp³-hybridized carbons (Fsp3) is 0.500. The molecule has 5 nitrogen and oxygen atoms in total. The van der Waals surface area contributed by atoms with E-state index in [1.54, 1.807) is 0 Å². The molecule has 1 unspecified atom stereocenters. The van der Waals surface area contributed by atoms with Gasteiger partial charge in [0.25, 0.3) is 0 Å². The van der Waals surface area contributed by atoms with Crippen LogP contribution in [0.5, 0.6) is 5.75 Å². The summed E-state index contributed by atoms with van der Waals surface area (Å²) in [6.07, 6.45) is 0.436. The minimum Gasteiger partial charge on any atom is -0.507 e. The largest absolute Gasteiger partial charge is 0.507 e.